The van der Waals surface area contributed by atoms with Crippen LogP contribution in [0.1, 0.15) is 5.56 Å². The van der Waals surface area contributed by atoms with Crippen molar-refractivity contribution in [1.29, 1.82) is 0 Å². The van der Waals surface area contributed by atoms with E-state index in [0.29, 0.717) is 12.1 Å². The third-order valence-corrected chi connectivity index (χ3v) is 3.42. The minimum Gasteiger partial charge on any atom is -0.397 e. The van der Waals surface area contributed by atoms with Crippen LogP contribution in [0.4, 0.5) is 11.4 Å². The van der Waals surface area contributed by atoms with Crippen molar-refractivity contribution in [2.45, 2.75) is 6.42 Å². The van der Waals surface area contributed by atoms with Crippen LogP contribution in [-0.2, 0) is 11.2 Å². The van der Waals surface area contributed by atoms with E-state index < -0.39 is 0 Å². The number of hydrogen-bond donors (Lipinski definition) is 1. The van der Waals surface area contributed by atoms with Crippen LogP contribution >= 0.6 is 15.9 Å². The summed E-state index contributed by atoms with van der Waals surface area (Å²) in [5.41, 5.74) is 8.23. The molecule has 0 saturated heterocycles. The molecule has 0 aliphatic heterocycles. The van der Waals surface area contributed by atoms with Crippen LogP contribution in [-0.4, -0.2) is 13.0 Å². The summed E-state index contributed by atoms with van der Waals surface area (Å²) < 4.78 is 0.901. The van der Waals surface area contributed by atoms with E-state index in [9.17, 15) is 4.79 Å². The monoisotopic (exact) mass is 318 g/mol. The van der Waals surface area contributed by atoms with Gasteiger partial charge in [-0.1, -0.05) is 46.3 Å². The molecular weight excluding hydrogens is 304 g/mol. The quantitative estimate of drug-likeness (QED) is 0.883. The second-order valence-corrected chi connectivity index (χ2v) is 5.23. The molecule has 2 N–H and O–H groups in total. The SMILES string of the molecule is CN(C(=O)Cc1ccccc1)c1ccc(Br)cc1N. The van der Waals surface area contributed by atoms with Gasteiger partial charge in [0.05, 0.1) is 17.8 Å². The minimum absolute atomic E-state index is 0.0141. The second-order valence-electron chi connectivity index (χ2n) is 4.32. The summed E-state index contributed by atoms with van der Waals surface area (Å²) in [6.07, 6.45) is 0.368. The molecular formula is C15H15BrN2O. The van der Waals surface area contributed by atoms with Crippen molar-refractivity contribution in [3.8, 4) is 0 Å². The van der Waals surface area contributed by atoms with E-state index in [2.05, 4.69) is 15.9 Å². The van der Waals surface area contributed by atoms with Gasteiger partial charge in [0.2, 0.25) is 5.91 Å². The molecule has 0 aliphatic rings. The molecule has 98 valence electrons. The molecule has 0 heterocycles. The van der Waals surface area contributed by atoms with Crippen LogP contribution in [0.25, 0.3) is 0 Å². The lowest BCUT2D eigenvalue weighted by Gasteiger charge is -2.19. The van der Waals surface area contributed by atoms with Crippen LogP contribution in [0.5, 0.6) is 0 Å². The normalized spacial score (nSPS) is 10.2. The predicted octanol–water partition coefficient (Wildman–Crippen LogP) is 3.24. The number of anilines is 2. The largest absolute Gasteiger partial charge is 0.397 e. The zero-order valence-corrected chi connectivity index (χ0v) is 12.2. The second kappa shape index (κ2) is 5.89. The summed E-state index contributed by atoms with van der Waals surface area (Å²) in [5.74, 6) is 0.0141. The maximum absolute atomic E-state index is 12.2. The number of benzene rings is 2. The van der Waals surface area contributed by atoms with E-state index in [1.165, 1.54) is 0 Å². The number of hydrogen-bond acceptors (Lipinski definition) is 2. The zero-order chi connectivity index (χ0) is 13.8. The van der Waals surface area contributed by atoms with E-state index in [-0.39, 0.29) is 5.91 Å². The highest BCUT2D eigenvalue weighted by atomic mass is 79.9. The lowest BCUT2D eigenvalue weighted by Crippen LogP contribution is -2.28. The number of nitrogens with two attached hydrogens (primary N) is 1. The summed E-state index contributed by atoms with van der Waals surface area (Å²) in [6, 6.07) is 15.2. The number of rotatable bonds is 3. The van der Waals surface area contributed by atoms with Crippen LogP contribution in [0, 0.1) is 0 Å². The van der Waals surface area contributed by atoms with Crippen molar-refractivity contribution in [1.82, 2.24) is 0 Å². The first-order chi connectivity index (χ1) is 9.08. The van der Waals surface area contributed by atoms with Gasteiger partial charge in [0.1, 0.15) is 0 Å². The van der Waals surface area contributed by atoms with Gasteiger partial charge in [0, 0.05) is 11.5 Å². The molecule has 4 heteroatoms. The van der Waals surface area contributed by atoms with E-state index in [0.717, 1.165) is 15.7 Å². The van der Waals surface area contributed by atoms with Gasteiger partial charge < -0.3 is 10.6 Å². The van der Waals surface area contributed by atoms with Crippen LogP contribution < -0.4 is 10.6 Å². The van der Waals surface area contributed by atoms with Crippen molar-refractivity contribution < 1.29 is 4.79 Å². The molecule has 0 fully saturated rings. The summed E-state index contributed by atoms with van der Waals surface area (Å²) in [7, 11) is 1.74. The maximum atomic E-state index is 12.2. The Kier molecular flexibility index (Phi) is 4.22. The Labute approximate surface area is 121 Å². The van der Waals surface area contributed by atoms with Crippen LogP contribution in [0.15, 0.2) is 53.0 Å². The average Bonchev–Trinajstić information content (AvgIpc) is 2.39. The fourth-order valence-electron chi connectivity index (χ4n) is 1.85. The summed E-state index contributed by atoms with van der Waals surface area (Å²) >= 11 is 3.35. The van der Waals surface area contributed by atoms with Gasteiger partial charge in [-0.05, 0) is 23.8 Å². The molecule has 2 rings (SSSR count). The molecule has 0 aliphatic carbocycles. The third-order valence-electron chi connectivity index (χ3n) is 2.92. The van der Waals surface area contributed by atoms with Crippen molar-refractivity contribution in [2.24, 2.45) is 0 Å². The number of carbonyl (C=O) groups is 1. The van der Waals surface area contributed by atoms with Gasteiger partial charge in [-0.2, -0.15) is 0 Å². The highest BCUT2D eigenvalue weighted by Crippen LogP contribution is 2.26. The van der Waals surface area contributed by atoms with Gasteiger partial charge in [0.15, 0.2) is 0 Å². The Balaban J connectivity index is 2.15. The first-order valence-electron chi connectivity index (χ1n) is 5.93. The summed E-state index contributed by atoms with van der Waals surface area (Å²) in [4.78, 5) is 13.8. The zero-order valence-electron chi connectivity index (χ0n) is 10.6. The molecule has 0 spiro atoms. The fourth-order valence-corrected chi connectivity index (χ4v) is 2.23. The number of halogens is 1. The number of nitrogen functional groups attached to an aromatic ring is 1. The Bertz CT molecular complexity index is 584. The first kappa shape index (κ1) is 13.6. The Hall–Kier alpha value is -1.81. The van der Waals surface area contributed by atoms with Gasteiger partial charge in [-0.15, -0.1) is 0 Å². The standard InChI is InChI=1S/C15H15BrN2O/c1-18(14-8-7-12(16)10-13(14)17)15(19)9-11-5-3-2-4-6-11/h2-8,10H,9,17H2,1H3. The van der Waals surface area contributed by atoms with Gasteiger partial charge in [-0.3, -0.25) is 4.79 Å². The molecule has 0 radical (unpaired) electrons. The first-order valence-corrected chi connectivity index (χ1v) is 6.73. The van der Waals surface area contributed by atoms with Crippen molar-refractivity contribution in [3.63, 3.8) is 0 Å². The molecule has 3 nitrogen and oxygen atoms in total. The molecule has 0 bridgehead atoms. The molecule has 19 heavy (non-hydrogen) atoms. The lowest BCUT2D eigenvalue weighted by molar-refractivity contribution is -0.117. The average molecular weight is 319 g/mol. The van der Waals surface area contributed by atoms with E-state index >= 15 is 0 Å². The van der Waals surface area contributed by atoms with Crippen LogP contribution in [0.2, 0.25) is 0 Å². The number of carbonyl (C=O) groups excluding carboxylic acids is 1. The lowest BCUT2D eigenvalue weighted by atomic mass is 10.1. The molecule has 0 saturated carbocycles. The van der Waals surface area contributed by atoms with Gasteiger partial charge >= 0.3 is 0 Å². The Morgan fingerprint density at radius 1 is 1.21 bits per heavy atom. The molecule has 1 amide bonds. The maximum Gasteiger partial charge on any atom is 0.231 e. The smallest absolute Gasteiger partial charge is 0.231 e. The minimum atomic E-state index is 0.0141. The number of amides is 1. The molecule has 2 aromatic rings. The molecule has 0 unspecified atom stereocenters. The van der Waals surface area contributed by atoms with Gasteiger partial charge in [0.25, 0.3) is 0 Å². The van der Waals surface area contributed by atoms with Crippen molar-refractivity contribution in [2.75, 3.05) is 17.7 Å². The molecule has 0 aromatic heterocycles. The fraction of sp³-hybridized carbons (Fsp3) is 0.133. The summed E-state index contributed by atoms with van der Waals surface area (Å²) in [5, 5.41) is 0. The van der Waals surface area contributed by atoms with Gasteiger partial charge in [-0.25, -0.2) is 0 Å². The van der Waals surface area contributed by atoms with Crippen LogP contribution in [0.3, 0.4) is 0 Å². The Morgan fingerprint density at radius 2 is 1.89 bits per heavy atom. The topological polar surface area (TPSA) is 46.3 Å². The Morgan fingerprint density at radius 3 is 2.53 bits per heavy atom. The number of nitrogens with zero attached hydrogens (tertiary/aromatic N) is 1. The van der Waals surface area contributed by atoms with E-state index in [4.69, 9.17) is 5.73 Å². The van der Waals surface area contributed by atoms with E-state index in [1.807, 2.05) is 42.5 Å². The highest BCUT2D eigenvalue weighted by Gasteiger charge is 2.13. The highest BCUT2D eigenvalue weighted by molar-refractivity contribution is 9.10. The van der Waals surface area contributed by atoms with Crippen molar-refractivity contribution >= 4 is 33.2 Å². The summed E-state index contributed by atoms with van der Waals surface area (Å²) in [6.45, 7) is 0. The molecule has 0 atom stereocenters. The van der Waals surface area contributed by atoms with Crippen molar-refractivity contribution in [3.05, 3.63) is 58.6 Å². The van der Waals surface area contributed by atoms with E-state index in [1.54, 1.807) is 18.0 Å². The number of likely N-dealkylation sites (N-methyl/N-ethyl adjacent to an activating group) is 1. The third kappa shape index (κ3) is 3.35. The predicted molar refractivity (Wildman–Crippen MR) is 82.1 cm³/mol. The molecule has 2 aromatic carbocycles.